The third-order valence-corrected chi connectivity index (χ3v) is 28.2. The van der Waals surface area contributed by atoms with Gasteiger partial charge in [-0.15, -0.1) is 0 Å². The van der Waals surface area contributed by atoms with Gasteiger partial charge in [-0.25, -0.2) is 0 Å². The molecule has 0 N–H and O–H groups in total. The zero-order valence-corrected chi connectivity index (χ0v) is 53.1. The van der Waals surface area contributed by atoms with Gasteiger partial charge in [-0.2, -0.15) is 0 Å². The maximum Gasteiger partial charge on any atom is 0.179 e. The summed E-state index contributed by atoms with van der Waals surface area (Å²) in [6, 6.07) is 144. The van der Waals surface area contributed by atoms with Crippen LogP contribution in [-0.4, -0.2) is 16.1 Å². The lowest BCUT2D eigenvalue weighted by Crippen LogP contribution is -2.74. The van der Waals surface area contributed by atoms with E-state index in [0.717, 1.165) is 22.3 Å². The Morgan fingerprint density at radius 2 is 0.359 bits per heavy atom. The van der Waals surface area contributed by atoms with Crippen molar-refractivity contribution < 1.29 is 0 Å². The van der Waals surface area contributed by atoms with Crippen molar-refractivity contribution in [2.24, 2.45) is 0 Å². The summed E-state index contributed by atoms with van der Waals surface area (Å²) in [5.74, 6) is 0. The highest BCUT2D eigenvalue weighted by Gasteiger charge is 2.42. The van der Waals surface area contributed by atoms with Gasteiger partial charge in [0.1, 0.15) is 0 Å². The lowest BCUT2D eigenvalue weighted by Gasteiger charge is -2.34. The predicted molar refractivity (Wildman–Crippen MR) is 399 cm³/mol. The molecule has 0 radical (unpaired) electrons. The Morgan fingerprint density at radius 3 is 0.587 bits per heavy atom. The Kier molecular flexibility index (Phi) is 16.0. The van der Waals surface area contributed by atoms with Crippen molar-refractivity contribution in [3.05, 3.63) is 422 Å². The van der Waals surface area contributed by atoms with Crippen LogP contribution in [0.2, 0.25) is 0 Å². The monoisotopic (exact) mass is 1200 g/mol. The highest BCUT2D eigenvalue weighted by atomic mass is 28.3. The molecule has 2 heteroatoms. The number of rotatable bonds is 16. The van der Waals surface area contributed by atoms with Crippen molar-refractivity contribution in [1.82, 2.24) is 0 Å². The molecule has 0 saturated heterocycles. The second kappa shape index (κ2) is 25.7. The molecule has 0 nitrogen and oxygen atoms in total. The standard InChI is InChI=1S/C90H66Si2/c1-9-29-67(30-10-1)65-87(71-57-61-81(62-58-71)91(75-33-13-3-14-34-75,76-35-15-4-16-36-76)77-37-17-5-18-38-77)69-49-53-73(54-50-69)89-83-45-25-27-47-85(83)90(86-48-28-26-46-84(86)89)74-55-51-70(52-56-74)88(66-68-31-11-2-12-32-68)72-59-63-82(64-60-72)92(78-39-19-6-20-40-78,79-41-21-7-22-42-79)80-43-23-8-24-44-80/h1-66H. The van der Waals surface area contributed by atoms with Crippen LogP contribution in [0.4, 0.5) is 0 Å². The second-order valence-electron chi connectivity index (χ2n) is 23.8. The van der Waals surface area contributed by atoms with E-state index in [1.165, 1.54) is 108 Å². The minimum absolute atomic E-state index is 1.16. The minimum Gasteiger partial charge on any atom is -0.0623 e. The fraction of sp³-hybridized carbons (Fsp3) is 0. The van der Waals surface area contributed by atoms with Crippen LogP contribution >= 0.6 is 0 Å². The summed E-state index contributed by atoms with van der Waals surface area (Å²) >= 11 is 0. The van der Waals surface area contributed by atoms with Gasteiger partial charge in [0.2, 0.25) is 0 Å². The van der Waals surface area contributed by atoms with Crippen molar-refractivity contribution >= 4 is 102 Å². The first-order valence-corrected chi connectivity index (χ1v) is 35.9. The highest BCUT2D eigenvalue weighted by molar-refractivity contribution is 7.20. The molecule has 0 bridgehead atoms. The molecule has 15 aromatic rings. The summed E-state index contributed by atoms with van der Waals surface area (Å²) in [4.78, 5) is 0. The molecule has 0 aromatic heterocycles. The summed E-state index contributed by atoms with van der Waals surface area (Å²) < 4.78 is 0. The van der Waals surface area contributed by atoms with E-state index in [-0.39, 0.29) is 0 Å². The fourth-order valence-electron chi connectivity index (χ4n) is 14.4. The highest BCUT2D eigenvalue weighted by Crippen LogP contribution is 2.44. The van der Waals surface area contributed by atoms with Crippen molar-refractivity contribution in [1.29, 1.82) is 0 Å². The van der Waals surface area contributed by atoms with E-state index >= 15 is 0 Å². The maximum absolute atomic E-state index is 2.71. The summed E-state index contributed by atoms with van der Waals surface area (Å²) in [6.45, 7) is 0. The number of fused-ring (bicyclic) bond motifs is 2. The lowest BCUT2D eigenvalue weighted by molar-refractivity contribution is 1.55. The molecule has 0 amide bonds. The van der Waals surface area contributed by atoms with Gasteiger partial charge in [0.15, 0.2) is 16.1 Å². The predicted octanol–water partition coefficient (Wildman–Crippen LogP) is 17.3. The van der Waals surface area contributed by atoms with Gasteiger partial charge in [0.05, 0.1) is 0 Å². The molecule has 0 aliphatic carbocycles. The Balaban J connectivity index is 0.802. The van der Waals surface area contributed by atoms with Crippen LogP contribution in [0.3, 0.4) is 0 Å². The van der Waals surface area contributed by atoms with Crippen molar-refractivity contribution in [3.63, 3.8) is 0 Å². The molecule has 15 rings (SSSR count). The van der Waals surface area contributed by atoms with Crippen LogP contribution in [0.25, 0.3) is 67.1 Å². The third kappa shape index (κ3) is 10.7. The zero-order valence-electron chi connectivity index (χ0n) is 51.1. The Morgan fingerprint density at radius 1 is 0.174 bits per heavy atom. The largest absolute Gasteiger partial charge is 0.179 e. The fourth-order valence-corrected chi connectivity index (χ4v) is 23.9. The smallest absolute Gasteiger partial charge is 0.0623 e. The van der Waals surface area contributed by atoms with Gasteiger partial charge >= 0.3 is 0 Å². The summed E-state index contributed by atoms with van der Waals surface area (Å²) in [5, 5.41) is 15.8. The molecule has 92 heavy (non-hydrogen) atoms. The first-order chi connectivity index (χ1) is 45.6. The molecule has 0 saturated carbocycles. The molecule has 0 spiro atoms. The molecule has 0 aliphatic rings. The third-order valence-electron chi connectivity index (χ3n) is 18.6. The van der Waals surface area contributed by atoms with Crippen molar-refractivity contribution in [3.8, 4) is 22.3 Å². The molecule has 15 aromatic carbocycles. The van der Waals surface area contributed by atoms with Crippen LogP contribution in [0.5, 0.6) is 0 Å². The van der Waals surface area contributed by atoms with E-state index in [1.54, 1.807) is 0 Å². The quantitative estimate of drug-likeness (QED) is 0.0391. The number of hydrogen-bond acceptors (Lipinski definition) is 0. The molecule has 0 heterocycles. The summed E-state index contributed by atoms with van der Waals surface area (Å²) in [6.07, 6.45) is 4.69. The molecule has 434 valence electrons. The van der Waals surface area contributed by atoms with Crippen LogP contribution in [0, 0.1) is 0 Å². The van der Waals surface area contributed by atoms with Gasteiger partial charge in [0.25, 0.3) is 0 Å². The van der Waals surface area contributed by atoms with Crippen LogP contribution in [0.1, 0.15) is 33.4 Å². The molecule has 0 fully saturated rings. The maximum atomic E-state index is 2.41. The molecule has 0 atom stereocenters. The molecular formula is C90H66Si2. The SMILES string of the molecule is C(=C(c1ccc(-c2c3ccccc3c(-c3ccc(C(=Cc4ccccc4)c4ccc([Si](c5ccccc5)(c5ccccc5)c5ccccc5)cc4)cc3)c3ccccc23)cc1)c1ccc([Si](c2ccccc2)(c2ccccc2)c2ccccc2)cc1)c1ccccc1. The van der Waals surface area contributed by atoms with Crippen LogP contribution in [0.15, 0.2) is 388 Å². The van der Waals surface area contributed by atoms with E-state index in [2.05, 4.69) is 400 Å². The lowest BCUT2D eigenvalue weighted by atomic mass is 9.85. The van der Waals surface area contributed by atoms with E-state index in [0.29, 0.717) is 0 Å². The van der Waals surface area contributed by atoms with Crippen LogP contribution in [-0.2, 0) is 0 Å². The summed E-state index contributed by atoms with van der Waals surface area (Å²) in [7, 11) is -5.43. The first kappa shape index (κ1) is 57.2. The normalized spacial score (nSPS) is 12.0. The van der Waals surface area contributed by atoms with Crippen LogP contribution < -0.4 is 41.5 Å². The average Bonchev–Trinajstić information content (AvgIpc) is 0.828. The number of benzene rings is 15. The van der Waals surface area contributed by atoms with Gasteiger partial charge in [-0.1, -0.05) is 388 Å². The Bertz CT molecular complexity index is 4460. The van der Waals surface area contributed by atoms with E-state index < -0.39 is 16.1 Å². The molecular weight excluding hydrogens is 1140 g/mol. The molecule has 0 aliphatic heterocycles. The summed E-state index contributed by atoms with van der Waals surface area (Å²) in [5.41, 5.74) is 14.2. The van der Waals surface area contributed by atoms with Gasteiger partial charge in [-0.3, -0.25) is 0 Å². The van der Waals surface area contributed by atoms with E-state index in [1.807, 2.05) is 0 Å². The van der Waals surface area contributed by atoms with Crippen molar-refractivity contribution in [2.75, 3.05) is 0 Å². The number of hydrogen-bond donors (Lipinski definition) is 0. The van der Waals surface area contributed by atoms with E-state index in [4.69, 9.17) is 0 Å². The van der Waals surface area contributed by atoms with Gasteiger partial charge in [0, 0.05) is 0 Å². The minimum atomic E-state index is -2.71. The van der Waals surface area contributed by atoms with E-state index in [9.17, 15) is 0 Å². The van der Waals surface area contributed by atoms with Crippen molar-refractivity contribution in [2.45, 2.75) is 0 Å². The molecule has 0 unspecified atom stereocenters. The Hall–Kier alpha value is -11.3. The zero-order chi connectivity index (χ0) is 61.5. The van der Waals surface area contributed by atoms with Gasteiger partial charge < -0.3 is 0 Å². The van der Waals surface area contributed by atoms with Gasteiger partial charge in [-0.05, 0) is 142 Å². The topological polar surface area (TPSA) is 0 Å². The second-order valence-corrected chi connectivity index (χ2v) is 31.4. The Labute approximate surface area is 542 Å². The first-order valence-electron chi connectivity index (χ1n) is 31.9. The average molecular weight is 1200 g/mol.